The molecule has 0 bridgehead atoms. The van der Waals surface area contributed by atoms with Crippen molar-refractivity contribution in [1.82, 2.24) is 5.32 Å². The van der Waals surface area contributed by atoms with Crippen molar-refractivity contribution < 1.29 is 19.4 Å². The van der Waals surface area contributed by atoms with Crippen molar-refractivity contribution in [2.75, 3.05) is 13.2 Å². The molecule has 1 rings (SSSR count). The van der Waals surface area contributed by atoms with Crippen LogP contribution in [0.5, 0.6) is 0 Å². The third kappa shape index (κ3) is 4.34. The van der Waals surface area contributed by atoms with Crippen molar-refractivity contribution in [3.63, 3.8) is 0 Å². The molecule has 1 aliphatic rings. The van der Waals surface area contributed by atoms with Gasteiger partial charge in [0.1, 0.15) is 0 Å². The molecule has 2 N–H and O–H groups in total. The van der Waals surface area contributed by atoms with Crippen molar-refractivity contribution >= 4 is 11.9 Å². The second-order valence-corrected chi connectivity index (χ2v) is 4.56. The van der Waals surface area contributed by atoms with Gasteiger partial charge in [-0.25, -0.2) is 0 Å². The Bertz CT molecular complexity index is 280. The quantitative estimate of drug-likeness (QED) is 0.730. The van der Waals surface area contributed by atoms with Gasteiger partial charge in [0, 0.05) is 19.1 Å². The van der Waals surface area contributed by atoms with Gasteiger partial charge in [0.25, 0.3) is 0 Å². The summed E-state index contributed by atoms with van der Waals surface area (Å²) in [6.45, 7) is 4.92. The van der Waals surface area contributed by atoms with E-state index in [-0.39, 0.29) is 23.8 Å². The Kier molecular flexibility index (Phi) is 5.41. The van der Waals surface area contributed by atoms with Gasteiger partial charge in [-0.15, -0.1) is 0 Å². The first kappa shape index (κ1) is 14.0. The molecule has 5 nitrogen and oxygen atoms in total. The smallest absolute Gasteiger partial charge is 0.306 e. The number of aliphatic carboxylic acids is 1. The van der Waals surface area contributed by atoms with E-state index in [0.717, 1.165) is 0 Å². The van der Waals surface area contributed by atoms with Crippen LogP contribution in [0.1, 0.15) is 33.1 Å². The lowest BCUT2D eigenvalue weighted by atomic mass is 10.0. The summed E-state index contributed by atoms with van der Waals surface area (Å²) in [5, 5.41) is 11.7. The zero-order valence-corrected chi connectivity index (χ0v) is 10.4. The summed E-state index contributed by atoms with van der Waals surface area (Å²) in [7, 11) is 0. The Morgan fingerprint density at radius 1 is 1.41 bits per heavy atom. The van der Waals surface area contributed by atoms with Crippen LogP contribution < -0.4 is 5.32 Å². The normalized spacial score (nSPS) is 25.5. The molecule has 5 heteroatoms. The lowest BCUT2D eigenvalue weighted by molar-refractivity contribution is -0.141. The molecule has 0 heterocycles. The van der Waals surface area contributed by atoms with Gasteiger partial charge in [-0.3, -0.25) is 9.59 Å². The van der Waals surface area contributed by atoms with Gasteiger partial charge in [0.2, 0.25) is 5.91 Å². The maximum absolute atomic E-state index is 11.8. The topological polar surface area (TPSA) is 75.6 Å². The summed E-state index contributed by atoms with van der Waals surface area (Å²) >= 11 is 0. The van der Waals surface area contributed by atoms with E-state index in [1.807, 2.05) is 13.8 Å². The number of hydrogen-bond acceptors (Lipinski definition) is 3. The number of nitrogens with one attached hydrogen (secondary N) is 1. The van der Waals surface area contributed by atoms with E-state index in [2.05, 4.69) is 5.32 Å². The monoisotopic (exact) mass is 243 g/mol. The zero-order valence-electron chi connectivity index (χ0n) is 10.4. The van der Waals surface area contributed by atoms with Gasteiger partial charge in [0.15, 0.2) is 0 Å². The number of amides is 1. The van der Waals surface area contributed by atoms with Gasteiger partial charge in [0.05, 0.1) is 12.0 Å². The van der Waals surface area contributed by atoms with Crippen LogP contribution in [-0.2, 0) is 14.3 Å². The molecule has 0 aromatic carbocycles. The maximum Gasteiger partial charge on any atom is 0.306 e. The fourth-order valence-electron chi connectivity index (χ4n) is 2.18. The number of rotatable bonds is 6. The van der Waals surface area contributed by atoms with E-state index in [1.165, 1.54) is 0 Å². The van der Waals surface area contributed by atoms with Crippen molar-refractivity contribution in [3.8, 4) is 0 Å². The Morgan fingerprint density at radius 3 is 2.59 bits per heavy atom. The van der Waals surface area contributed by atoms with E-state index in [0.29, 0.717) is 32.4 Å². The third-order valence-corrected chi connectivity index (χ3v) is 3.17. The van der Waals surface area contributed by atoms with Gasteiger partial charge in [-0.2, -0.15) is 0 Å². The van der Waals surface area contributed by atoms with Crippen molar-refractivity contribution in [3.05, 3.63) is 0 Å². The number of hydrogen-bond donors (Lipinski definition) is 2. The van der Waals surface area contributed by atoms with E-state index in [9.17, 15) is 9.59 Å². The fraction of sp³-hybridized carbons (Fsp3) is 0.833. The maximum atomic E-state index is 11.8. The average Bonchev–Trinajstić information content (AvgIpc) is 2.75. The molecule has 0 spiro atoms. The number of ether oxygens (including phenoxy) is 1. The lowest BCUT2D eigenvalue weighted by Crippen LogP contribution is -2.35. The molecular formula is C12H21NO4. The molecule has 0 aromatic rings. The second-order valence-electron chi connectivity index (χ2n) is 4.56. The molecule has 0 radical (unpaired) electrons. The Morgan fingerprint density at radius 2 is 2.06 bits per heavy atom. The Hall–Kier alpha value is -1.10. The third-order valence-electron chi connectivity index (χ3n) is 3.17. The molecule has 0 saturated heterocycles. The largest absolute Gasteiger partial charge is 0.481 e. The van der Waals surface area contributed by atoms with Crippen LogP contribution in [0, 0.1) is 11.8 Å². The first-order valence-corrected chi connectivity index (χ1v) is 6.16. The highest BCUT2D eigenvalue weighted by Crippen LogP contribution is 2.30. The van der Waals surface area contributed by atoms with E-state index >= 15 is 0 Å². The van der Waals surface area contributed by atoms with Gasteiger partial charge in [-0.1, -0.05) is 0 Å². The molecule has 17 heavy (non-hydrogen) atoms. The highest BCUT2D eigenvalue weighted by Gasteiger charge is 2.33. The van der Waals surface area contributed by atoms with Crippen molar-refractivity contribution in [2.45, 2.75) is 39.2 Å². The van der Waals surface area contributed by atoms with Gasteiger partial charge >= 0.3 is 5.97 Å². The molecule has 0 aliphatic heterocycles. The molecule has 1 amide bonds. The van der Waals surface area contributed by atoms with Crippen LogP contribution >= 0.6 is 0 Å². The van der Waals surface area contributed by atoms with Crippen LogP contribution in [0.3, 0.4) is 0 Å². The van der Waals surface area contributed by atoms with Crippen LogP contribution in [0.2, 0.25) is 0 Å². The Balaban J connectivity index is 2.27. The van der Waals surface area contributed by atoms with Crippen LogP contribution in [-0.4, -0.2) is 36.2 Å². The molecule has 3 unspecified atom stereocenters. The minimum atomic E-state index is -0.789. The molecule has 3 atom stereocenters. The summed E-state index contributed by atoms with van der Waals surface area (Å²) in [4.78, 5) is 22.5. The Labute approximate surface area is 102 Å². The summed E-state index contributed by atoms with van der Waals surface area (Å²) in [6.07, 6.45) is 1.74. The minimum Gasteiger partial charge on any atom is -0.481 e. The summed E-state index contributed by atoms with van der Waals surface area (Å²) < 4.78 is 5.31. The van der Waals surface area contributed by atoms with E-state index < -0.39 is 5.97 Å². The lowest BCUT2D eigenvalue weighted by Gasteiger charge is -2.15. The highest BCUT2D eigenvalue weighted by molar-refractivity contribution is 5.80. The molecule has 1 saturated carbocycles. The summed E-state index contributed by atoms with van der Waals surface area (Å²) in [6, 6.07) is 0. The standard InChI is InChI=1S/C12H21NO4/c1-3-17-8(2)7-13-11(14)9-4-5-10(6-9)12(15)16/h8-10H,3-7H2,1-2H3,(H,13,14)(H,15,16). The van der Waals surface area contributed by atoms with E-state index in [4.69, 9.17) is 9.84 Å². The number of carbonyl (C=O) groups excluding carboxylic acids is 1. The van der Waals surface area contributed by atoms with Crippen LogP contribution in [0.25, 0.3) is 0 Å². The van der Waals surface area contributed by atoms with Crippen LogP contribution in [0.4, 0.5) is 0 Å². The number of carbonyl (C=O) groups is 2. The van der Waals surface area contributed by atoms with E-state index in [1.54, 1.807) is 0 Å². The van der Waals surface area contributed by atoms with Crippen molar-refractivity contribution in [2.24, 2.45) is 11.8 Å². The molecule has 98 valence electrons. The molecule has 1 aliphatic carbocycles. The average molecular weight is 243 g/mol. The molecule has 1 fully saturated rings. The van der Waals surface area contributed by atoms with Gasteiger partial charge in [-0.05, 0) is 33.1 Å². The fourth-order valence-corrected chi connectivity index (χ4v) is 2.18. The zero-order chi connectivity index (χ0) is 12.8. The SMILES string of the molecule is CCOC(C)CNC(=O)C1CCC(C(=O)O)C1. The van der Waals surface area contributed by atoms with Crippen LogP contribution in [0.15, 0.2) is 0 Å². The minimum absolute atomic E-state index is 0.000578. The second kappa shape index (κ2) is 6.59. The first-order chi connectivity index (χ1) is 8.04. The molecule has 0 aromatic heterocycles. The summed E-state index contributed by atoms with van der Waals surface area (Å²) in [5.74, 6) is -1.33. The van der Waals surface area contributed by atoms with Gasteiger partial charge < -0.3 is 15.2 Å². The van der Waals surface area contributed by atoms with Crippen molar-refractivity contribution in [1.29, 1.82) is 0 Å². The predicted octanol–water partition coefficient (Wildman–Crippen LogP) is 1.03. The molecular weight excluding hydrogens is 222 g/mol. The number of carboxylic acid groups (broad SMARTS) is 1. The first-order valence-electron chi connectivity index (χ1n) is 6.16. The highest BCUT2D eigenvalue weighted by atomic mass is 16.5. The predicted molar refractivity (Wildman–Crippen MR) is 62.6 cm³/mol. The number of carboxylic acids is 1. The summed E-state index contributed by atoms with van der Waals surface area (Å²) in [5.41, 5.74) is 0.